The fraction of sp³-hybridized carbons (Fsp3) is 0.333. The van der Waals surface area contributed by atoms with E-state index < -0.39 is 17.5 Å². The molecule has 0 unspecified atom stereocenters. The van der Waals surface area contributed by atoms with Gasteiger partial charge in [-0.3, -0.25) is 19.9 Å². The zero-order chi connectivity index (χ0) is 26.3. The standard InChI is InChI=1S/C27H32N4O5/c1-6-13-28-15-21(8-3)36-18(4)9-11-20(7-2)27(25(33)29-26(34)30-27)17-31-16-19-10-12-22(35-5)14-23(19)24(31)32/h7,9-15H,2,6,8,16-17H2,1,3-5H3,(H2,29,30,33,34)/b18-9+,20-11+,21-15+,28-13?/t27-/m0/s1. The van der Waals surface area contributed by atoms with E-state index in [4.69, 9.17) is 9.47 Å². The second-order valence-corrected chi connectivity index (χ2v) is 8.39. The highest BCUT2D eigenvalue weighted by Crippen LogP contribution is 2.31. The van der Waals surface area contributed by atoms with Gasteiger partial charge in [0.15, 0.2) is 5.54 Å². The van der Waals surface area contributed by atoms with Crippen LogP contribution in [-0.2, 0) is 16.1 Å². The number of imide groups is 1. The van der Waals surface area contributed by atoms with E-state index >= 15 is 0 Å². The molecule has 1 fully saturated rings. The Balaban J connectivity index is 1.90. The van der Waals surface area contributed by atoms with Gasteiger partial charge in [-0.2, -0.15) is 0 Å². The van der Waals surface area contributed by atoms with Gasteiger partial charge < -0.3 is 19.7 Å². The van der Waals surface area contributed by atoms with E-state index in [9.17, 15) is 14.4 Å². The van der Waals surface area contributed by atoms with E-state index in [2.05, 4.69) is 22.2 Å². The van der Waals surface area contributed by atoms with Crippen molar-refractivity contribution in [2.24, 2.45) is 4.99 Å². The number of methoxy groups -OCH3 is 1. The van der Waals surface area contributed by atoms with Crippen molar-refractivity contribution in [2.45, 2.75) is 45.7 Å². The average molecular weight is 493 g/mol. The van der Waals surface area contributed by atoms with Gasteiger partial charge in [0.05, 0.1) is 19.9 Å². The highest BCUT2D eigenvalue weighted by Gasteiger charge is 2.50. The fourth-order valence-electron chi connectivity index (χ4n) is 4.04. The van der Waals surface area contributed by atoms with Gasteiger partial charge in [0.25, 0.3) is 11.8 Å². The first-order valence-electron chi connectivity index (χ1n) is 11.8. The first-order valence-corrected chi connectivity index (χ1v) is 11.8. The summed E-state index contributed by atoms with van der Waals surface area (Å²) >= 11 is 0. The van der Waals surface area contributed by atoms with Gasteiger partial charge in [-0.25, -0.2) is 4.79 Å². The number of aliphatic imine (C=N–C) groups is 1. The molecule has 4 amide bonds. The second-order valence-electron chi connectivity index (χ2n) is 8.39. The molecule has 0 aliphatic carbocycles. The molecule has 36 heavy (non-hydrogen) atoms. The van der Waals surface area contributed by atoms with Crippen LogP contribution >= 0.6 is 0 Å². The Hall–Kier alpha value is -4.14. The van der Waals surface area contributed by atoms with Crippen molar-refractivity contribution in [3.63, 3.8) is 0 Å². The van der Waals surface area contributed by atoms with E-state index in [-0.39, 0.29) is 12.5 Å². The van der Waals surface area contributed by atoms with Gasteiger partial charge in [-0.05, 0) is 42.7 Å². The lowest BCUT2D eigenvalue weighted by Gasteiger charge is -2.32. The van der Waals surface area contributed by atoms with Crippen LogP contribution in [0, 0.1) is 0 Å². The van der Waals surface area contributed by atoms with Crippen molar-refractivity contribution in [1.82, 2.24) is 15.5 Å². The third kappa shape index (κ3) is 5.56. The lowest BCUT2D eigenvalue weighted by Crippen LogP contribution is -2.56. The molecule has 0 saturated carbocycles. The van der Waals surface area contributed by atoms with Gasteiger partial charge in [0.1, 0.15) is 17.3 Å². The van der Waals surface area contributed by atoms with Crippen molar-refractivity contribution in [3.8, 4) is 5.75 Å². The molecule has 1 aromatic carbocycles. The number of amides is 4. The quantitative estimate of drug-likeness (QED) is 0.210. The topological polar surface area (TPSA) is 109 Å². The number of ether oxygens (including phenoxy) is 2. The monoisotopic (exact) mass is 492 g/mol. The lowest BCUT2D eigenvalue weighted by molar-refractivity contribution is -0.123. The Kier molecular flexibility index (Phi) is 8.47. The summed E-state index contributed by atoms with van der Waals surface area (Å²) in [6.07, 6.45) is 9.76. The number of benzene rings is 1. The maximum Gasteiger partial charge on any atom is 0.322 e. The summed E-state index contributed by atoms with van der Waals surface area (Å²) in [4.78, 5) is 44.2. The van der Waals surface area contributed by atoms with Gasteiger partial charge in [-0.15, -0.1) is 0 Å². The molecule has 9 heteroatoms. The first-order chi connectivity index (χ1) is 17.3. The summed E-state index contributed by atoms with van der Waals surface area (Å²) in [6.45, 7) is 9.81. The SMILES string of the molecule is C=C/C(=C\C=C(/C)O/C(=C/N=CCC)CC)[C@]1(CN2Cc3ccc(OC)cc3C2=O)NC(=O)NC1=O. The third-order valence-electron chi connectivity index (χ3n) is 5.92. The Morgan fingerprint density at radius 2 is 2.03 bits per heavy atom. The zero-order valence-corrected chi connectivity index (χ0v) is 21.1. The molecule has 3 rings (SSSR count). The van der Waals surface area contributed by atoms with Crippen LogP contribution in [0.1, 0.15) is 49.5 Å². The van der Waals surface area contributed by atoms with Crippen molar-refractivity contribution >= 4 is 24.1 Å². The number of carbonyl (C=O) groups excluding carboxylic acids is 3. The molecule has 0 aromatic heterocycles. The molecule has 2 heterocycles. The number of nitrogens with one attached hydrogen (secondary N) is 2. The first kappa shape index (κ1) is 26.5. The zero-order valence-electron chi connectivity index (χ0n) is 21.1. The molecule has 0 spiro atoms. The van der Waals surface area contributed by atoms with E-state index in [1.807, 2.05) is 19.9 Å². The maximum absolute atomic E-state index is 13.2. The molecule has 1 aromatic rings. The smallest absolute Gasteiger partial charge is 0.322 e. The van der Waals surface area contributed by atoms with Crippen molar-refractivity contribution in [1.29, 1.82) is 0 Å². The van der Waals surface area contributed by atoms with E-state index in [1.54, 1.807) is 43.6 Å². The van der Waals surface area contributed by atoms with Crippen molar-refractivity contribution in [3.05, 3.63) is 77.4 Å². The Bertz CT molecular complexity index is 1180. The fourth-order valence-corrected chi connectivity index (χ4v) is 4.04. The predicted molar refractivity (Wildman–Crippen MR) is 137 cm³/mol. The van der Waals surface area contributed by atoms with Crippen LogP contribution in [0.25, 0.3) is 0 Å². The largest absolute Gasteiger partial charge is 0.497 e. The van der Waals surface area contributed by atoms with E-state index in [0.717, 1.165) is 12.0 Å². The molecule has 190 valence electrons. The number of hydrogen-bond acceptors (Lipinski definition) is 6. The lowest BCUT2D eigenvalue weighted by atomic mass is 9.88. The number of carbonyl (C=O) groups is 3. The van der Waals surface area contributed by atoms with Crippen LogP contribution in [0.15, 0.2) is 71.3 Å². The predicted octanol–water partition coefficient (Wildman–Crippen LogP) is 3.99. The molecule has 2 N–H and O–H groups in total. The summed E-state index contributed by atoms with van der Waals surface area (Å²) in [6, 6.07) is 4.64. The maximum atomic E-state index is 13.2. The molecular formula is C27H32N4O5. The summed E-state index contributed by atoms with van der Waals surface area (Å²) in [7, 11) is 1.53. The van der Waals surface area contributed by atoms with Gasteiger partial charge >= 0.3 is 6.03 Å². The summed E-state index contributed by atoms with van der Waals surface area (Å²) in [5, 5.41) is 5.01. The number of nitrogens with zero attached hydrogens (tertiary/aromatic N) is 2. The molecular weight excluding hydrogens is 460 g/mol. The number of rotatable bonds is 11. The van der Waals surface area contributed by atoms with E-state index in [0.29, 0.717) is 41.4 Å². The molecule has 0 radical (unpaired) electrons. The van der Waals surface area contributed by atoms with Crippen LogP contribution < -0.4 is 15.4 Å². The summed E-state index contributed by atoms with van der Waals surface area (Å²) < 4.78 is 11.1. The van der Waals surface area contributed by atoms with Gasteiger partial charge in [-0.1, -0.05) is 38.6 Å². The number of urea groups is 1. The molecule has 1 atom stereocenters. The Labute approximate surface area is 211 Å². The summed E-state index contributed by atoms with van der Waals surface area (Å²) in [5.74, 6) is 1.00. The number of allylic oxidation sites excluding steroid dienone is 4. The number of fused-ring (bicyclic) bond motifs is 1. The minimum absolute atomic E-state index is 0.0716. The van der Waals surface area contributed by atoms with Crippen LogP contribution in [0.2, 0.25) is 0 Å². The number of hydrogen-bond donors (Lipinski definition) is 2. The minimum atomic E-state index is -1.51. The van der Waals surface area contributed by atoms with Crippen LogP contribution in [-0.4, -0.2) is 48.2 Å². The molecule has 0 bridgehead atoms. The van der Waals surface area contributed by atoms with E-state index in [1.165, 1.54) is 18.1 Å². The molecule has 2 aliphatic rings. The molecule has 2 aliphatic heterocycles. The van der Waals surface area contributed by atoms with Crippen molar-refractivity contribution in [2.75, 3.05) is 13.7 Å². The average Bonchev–Trinajstić information content (AvgIpc) is 3.33. The van der Waals surface area contributed by atoms with Gasteiger partial charge in [0.2, 0.25) is 0 Å². The van der Waals surface area contributed by atoms with Crippen LogP contribution in [0.4, 0.5) is 4.79 Å². The highest BCUT2D eigenvalue weighted by atomic mass is 16.5. The third-order valence-corrected chi connectivity index (χ3v) is 5.92. The Morgan fingerprint density at radius 3 is 2.64 bits per heavy atom. The second kappa shape index (κ2) is 11.5. The van der Waals surface area contributed by atoms with Crippen LogP contribution in [0.5, 0.6) is 5.75 Å². The van der Waals surface area contributed by atoms with Crippen molar-refractivity contribution < 1.29 is 23.9 Å². The highest BCUT2D eigenvalue weighted by molar-refractivity contribution is 6.10. The molecule has 1 saturated heterocycles. The van der Waals surface area contributed by atoms with Crippen LogP contribution in [0.3, 0.4) is 0 Å². The Morgan fingerprint density at radius 1 is 1.25 bits per heavy atom. The molecule has 9 nitrogen and oxygen atoms in total. The normalized spacial score (nSPS) is 20.5. The minimum Gasteiger partial charge on any atom is -0.497 e. The van der Waals surface area contributed by atoms with Gasteiger partial charge in [0, 0.05) is 24.7 Å². The summed E-state index contributed by atoms with van der Waals surface area (Å²) in [5.41, 5.74) is 0.235.